The Labute approximate surface area is 125 Å². The molecule has 0 aromatic heterocycles. The van der Waals surface area contributed by atoms with Gasteiger partial charge in [0.2, 0.25) is 10.0 Å². The van der Waals surface area contributed by atoms with E-state index in [0.29, 0.717) is 6.54 Å². The predicted octanol–water partition coefficient (Wildman–Crippen LogP) is 0.902. The minimum atomic E-state index is -3.71. The predicted molar refractivity (Wildman–Crippen MR) is 80.3 cm³/mol. The van der Waals surface area contributed by atoms with Gasteiger partial charge in [-0.2, -0.15) is 0 Å². The smallest absolute Gasteiger partial charge is 0.248 e. The van der Waals surface area contributed by atoms with Crippen LogP contribution in [-0.4, -0.2) is 42.3 Å². The highest BCUT2D eigenvalue weighted by atomic mass is 32.2. The zero-order valence-corrected chi connectivity index (χ0v) is 13.0. The van der Waals surface area contributed by atoms with Crippen LogP contribution in [0.5, 0.6) is 11.5 Å². The van der Waals surface area contributed by atoms with E-state index in [2.05, 4.69) is 10.0 Å². The fourth-order valence-electron chi connectivity index (χ4n) is 2.17. The van der Waals surface area contributed by atoms with Crippen molar-refractivity contribution in [1.29, 1.82) is 0 Å². The average Bonchev–Trinajstić information content (AvgIpc) is 2.53. The summed E-state index contributed by atoms with van der Waals surface area (Å²) in [5.41, 5.74) is 1.08. The molecule has 1 heterocycles. The van der Waals surface area contributed by atoms with Gasteiger partial charge in [-0.1, -0.05) is 17.7 Å². The van der Waals surface area contributed by atoms with Crippen molar-refractivity contribution in [1.82, 2.24) is 10.0 Å². The summed E-state index contributed by atoms with van der Waals surface area (Å²) in [4.78, 5) is 0.0320. The van der Waals surface area contributed by atoms with Gasteiger partial charge in [0.25, 0.3) is 0 Å². The molecule has 1 aliphatic heterocycles. The number of sulfonamides is 1. The molecule has 0 radical (unpaired) electrons. The quantitative estimate of drug-likeness (QED) is 0.763. The number of nitrogens with one attached hydrogen (secondary N) is 2. The highest BCUT2D eigenvalue weighted by molar-refractivity contribution is 7.89. The van der Waals surface area contributed by atoms with E-state index in [1.54, 1.807) is 18.2 Å². The lowest BCUT2D eigenvalue weighted by molar-refractivity contribution is 0.373. The fourth-order valence-corrected chi connectivity index (χ4v) is 3.52. The standard InChI is InChI=1S/C14H20N2O4S/c1-19-12-4-3-5-13(20-2)14(12)21(17,18)16-10-11-6-8-15-9-7-11/h3-6,15-16H,7-10H2,1-2H3. The molecule has 21 heavy (non-hydrogen) atoms. The van der Waals surface area contributed by atoms with Crippen molar-refractivity contribution in [2.75, 3.05) is 33.9 Å². The zero-order valence-electron chi connectivity index (χ0n) is 12.2. The van der Waals surface area contributed by atoms with Crippen LogP contribution >= 0.6 is 0 Å². The molecule has 0 aliphatic carbocycles. The van der Waals surface area contributed by atoms with Crippen LogP contribution in [0.2, 0.25) is 0 Å². The van der Waals surface area contributed by atoms with E-state index in [0.717, 1.165) is 25.1 Å². The molecule has 1 aliphatic rings. The van der Waals surface area contributed by atoms with Gasteiger partial charge in [0.15, 0.2) is 4.90 Å². The van der Waals surface area contributed by atoms with Gasteiger partial charge in [0.1, 0.15) is 11.5 Å². The summed E-state index contributed by atoms with van der Waals surface area (Å²) < 4.78 is 37.9. The molecule has 0 fully saturated rings. The minimum Gasteiger partial charge on any atom is -0.495 e. The van der Waals surface area contributed by atoms with E-state index in [4.69, 9.17) is 9.47 Å². The lowest BCUT2D eigenvalue weighted by Gasteiger charge is -2.17. The molecule has 0 saturated carbocycles. The number of hydrogen-bond acceptors (Lipinski definition) is 5. The number of hydrogen-bond donors (Lipinski definition) is 2. The van der Waals surface area contributed by atoms with E-state index in [1.165, 1.54) is 14.2 Å². The molecule has 116 valence electrons. The van der Waals surface area contributed by atoms with E-state index in [1.807, 2.05) is 6.08 Å². The van der Waals surface area contributed by atoms with Crippen LogP contribution in [0.4, 0.5) is 0 Å². The van der Waals surface area contributed by atoms with Crippen molar-refractivity contribution in [3.05, 3.63) is 29.8 Å². The average molecular weight is 312 g/mol. The van der Waals surface area contributed by atoms with Crippen molar-refractivity contribution in [3.8, 4) is 11.5 Å². The summed E-state index contributed by atoms with van der Waals surface area (Å²) in [6, 6.07) is 4.88. The maximum Gasteiger partial charge on any atom is 0.248 e. The van der Waals surface area contributed by atoms with Crippen LogP contribution in [0.25, 0.3) is 0 Å². The van der Waals surface area contributed by atoms with Gasteiger partial charge in [-0.15, -0.1) is 0 Å². The Hall–Kier alpha value is -1.57. The molecule has 0 amide bonds. The third kappa shape index (κ3) is 3.75. The van der Waals surface area contributed by atoms with Crippen LogP contribution in [0.3, 0.4) is 0 Å². The first-order chi connectivity index (χ1) is 10.1. The Balaban J connectivity index is 2.24. The Morgan fingerprint density at radius 2 is 1.90 bits per heavy atom. The molecule has 0 unspecified atom stereocenters. The fraction of sp³-hybridized carbons (Fsp3) is 0.429. The Morgan fingerprint density at radius 3 is 2.43 bits per heavy atom. The summed E-state index contributed by atoms with van der Waals surface area (Å²) in [5.74, 6) is 0.530. The second-order valence-corrected chi connectivity index (χ2v) is 6.34. The van der Waals surface area contributed by atoms with Crippen molar-refractivity contribution in [2.45, 2.75) is 11.3 Å². The van der Waals surface area contributed by atoms with E-state index in [-0.39, 0.29) is 16.4 Å². The summed E-state index contributed by atoms with van der Waals surface area (Å²) in [6.07, 6.45) is 2.84. The molecule has 0 atom stereocenters. The lowest BCUT2D eigenvalue weighted by atomic mass is 10.1. The SMILES string of the molecule is COc1cccc(OC)c1S(=O)(=O)NCC1=CCNCC1. The maximum atomic E-state index is 12.5. The van der Waals surface area contributed by atoms with Crippen molar-refractivity contribution in [2.24, 2.45) is 0 Å². The second kappa shape index (κ2) is 6.93. The first kappa shape index (κ1) is 15.8. The summed E-state index contributed by atoms with van der Waals surface area (Å²) in [6.45, 7) is 1.94. The summed E-state index contributed by atoms with van der Waals surface area (Å²) in [5, 5.41) is 3.19. The molecule has 0 bridgehead atoms. The van der Waals surface area contributed by atoms with Gasteiger partial charge in [-0.3, -0.25) is 0 Å². The van der Waals surface area contributed by atoms with Gasteiger partial charge >= 0.3 is 0 Å². The van der Waals surface area contributed by atoms with Crippen molar-refractivity contribution >= 4 is 10.0 Å². The molecule has 1 aromatic rings. The molecule has 2 rings (SSSR count). The maximum absolute atomic E-state index is 12.5. The monoisotopic (exact) mass is 312 g/mol. The number of methoxy groups -OCH3 is 2. The van der Waals surface area contributed by atoms with Crippen molar-refractivity contribution < 1.29 is 17.9 Å². The Morgan fingerprint density at radius 1 is 1.24 bits per heavy atom. The normalized spacial score (nSPS) is 15.4. The summed E-state index contributed by atoms with van der Waals surface area (Å²) >= 11 is 0. The number of benzene rings is 1. The number of ether oxygens (including phenoxy) is 2. The topological polar surface area (TPSA) is 76.7 Å². The van der Waals surface area contributed by atoms with Crippen LogP contribution in [0, 0.1) is 0 Å². The highest BCUT2D eigenvalue weighted by Crippen LogP contribution is 2.32. The lowest BCUT2D eigenvalue weighted by Crippen LogP contribution is -2.30. The zero-order chi connectivity index (χ0) is 15.3. The summed E-state index contributed by atoms with van der Waals surface area (Å²) in [7, 11) is -0.839. The van der Waals surface area contributed by atoms with Gasteiger partial charge < -0.3 is 14.8 Å². The van der Waals surface area contributed by atoms with Crippen LogP contribution < -0.4 is 19.5 Å². The molecular formula is C14H20N2O4S. The third-order valence-corrected chi connectivity index (χ3v) is 4.76. The number of rotatable bonds is 6. The highest BCUT2D eigenvalue weighted by Gasteiger charge is 2.24. The van der Waals surface area contributed by atoms with Crippen LogP contribution in [-0.2, 0) is 10.0 Å². The molecule has 2 N–H and O–H groups in total. The van der Waals surface area contributed by atoms with E-state index in [9.17, 15) is 8.42 Å². The minimum absolute atomic E-state index is 0.0320. The van der Waals surface area contributed by atoms with Crippen LogP contribution in [0.1, 0.15) is 6.42 Å². The van der Waals surface area contributed by atoms with Crippen molar-refractivity contribution in [3.63, 3.8) is 0 Å². The van der Waals surface area contributed by atoms with Gasteiger partial charge in [0.05, 0.1) is 14.2 Å². The Bertz CT molecular complexity index is 604. The van der Waals surface area contributed by atoms with Gasteiger partial charge in [-0.25, -0.2) is 13.1 Å². The molecule has 7 heteroatoms. The largest absolute Gasteiger partial charge is 0.495 e. The Kier molecular flexibility index (Phi) is 5.22. The van der Waals surface area contributed by atoms with E-state index >= 15 is 0 Å². The molecule has 6 nitrogen and oxygen atoms in total. The molecule has 0 saturated heterocycles. The molecule has 0 spiro atoms. The van der Waals surface area contributed by atoms with Gasteiger partial charge in [0, 0.05) is 13.1 Å². The second-order valence-electron chi connectivity index (χ2n) is 4.63. The van der Waals surface area contributed by atoms with Gasteiger partial charge in [-0.05, 0) is 25.1 Å². The van der Waals surface area contributed by atoms with Crippen LogP contribution in [0.15, 0.2) is 34.7 Å². The molecule has 1 aromatic carbocycles. The first-order valence-corrected chi connectivity index (χ1v) is 8.16. The molecular weight excluding hydrogens is 292 g/mol. The first-order valence-electron chi connectivity index (χ1n) is 6.68. The third-order valence-electron chi connectivity index (χ3n) is 3.30. The van der Waals surface area contributed by atoms with E-state index < -0.39 is 10.0 Å².